The number of hydrogen-bond donors (Lipinski definition) is 1. The van der Waals surface area contributed by atoms with Crippen molar-refractivity contribution in [2.45, 2.75) is 77.0 Å². The molecule has 2 atom stereocenters. The van der Waals surface area contributed by atoms with E-state index in [4.69, 9.17) is 0 Å². The highest BCUT2D eigenvalue weighted by Gasteiger charge is 2.40. The van der Waals surface area contributed by atoms with Crippen molar-refractivity contribution in [1.82, 2.24) is 10.2 Å². The Hall–Kier alpha value is -0.570. The molecule has 1 N–H and O–H groups in total. The summed E-state index contributed by atoms with van der Waals surface area (Å²) in [5, 5.41) is 3.44. The van der Waals surface area contributed by atoms with Gasteiger partial charge < -0.3 is 4.90 Å². The summed E-state index contributed by atoms with van der Waals surface area (Å²) in [6, 6.07) is 0.608. The van der Waals surface area contributed by atoms with Crippen molar-refractivity contribution in [3.05, 3.63) is 0 Å². The van der Waals surface area contributed by atoms with Crippen LogP contribution in [0.5, 0.6) is 0 Å². The van der Waals surface area contributed by atoms with E-state index in [0.717, 1.165) is 12.8 Å². The second kappa shape index (κ2) is 5.17. The number of carbonyl (C=O) groups is 1. The predicted octanol–water partition coefficient (Wildman–Crippen LogP) is 2.27. The predicted molar refractivity (Wildman–Crippen MR) is 65.0 cm³/mol. The molecule has 2 rings (SSSR count). The van der Waals surface area contributed by atoms with Crippen LogP contribution >= 0.6 is 0 Å². The monoisotopic (exact) mass is 224 g/mol. The van der Waals surface area contributed by atoms with E-state index in [1.807, 2.05) is 0 Å². The van der Waals surface area contributed by atoms with Gasteiger partial charge in [0.25, 0.3) is 0 Å². The molecule has 2 aliphatic rings. The highest BCUT2D eigenvalue weighted by atomic mass is 16.2. The third-order valence-corrected chi connectivity index (χ3v) is 3.98. The topological polar surface area (TPSA) is 32.3 Å². The van der Waals surface area contributed by atoms with Crippen molar-refractivity contribution in [3.63, 3.8) is 0 Å². The largest absolute Gasteiger partial charge is 0.323 e. The molecule has 1 saturated carbocycles. The third kappa shape index (κ3) is 2.24. The van der Waals surface area contributed by atoms with Crippen molar-refractivity contribution in [1.29, 1.82) is 0 Å². The van der Waals surface area contributed by atoms with Gasteiger partial charge in [-0.2, -0.15) is 0 Å². The van der Waals surface area contributed by atoms with Crippen molar-refractivity contribution in [3.8, 4) is 0 Å². The molecule has 1 heterocycles. The molecule has 0 aromatic heterocycles. The Labute approximate surface area is 98.6 Å². The summed E-state index contributed by atoms with van der Waals surface area (Å²) in [7, 11) is 0. The number of nitrogens with zero attached hydrogens (tertiary/aromatic N) is 1. The van der Waals surface area contributed by atoms with Crippen LogP contribution in [0.1, 0.15) is 58.8 Å². The molecule has 1 amide bonds. The summed E-state index contributed by atoms with van der Waals surface area (Å²) in [4.78, 5) is 14.4. The zero-order chi connectivity index (χ0) is 11.5. The van der Waals surface area contributed by atoms with Gasteiger partial charge in [-0.25, -0.2) is 0 Å². The first-order valence-electron chi connectivity index (χ1n) is 6.82. The highest BCUT2D eigenvalue weighted by molar-refractivity contribution is 5.84. The Morgan fingerprint density at radius 3 is 2.69 bits per heavy atom. The second-order valence-corrected chi connectivity index (χ2v) is 5.22. The molecule has 16 heavy (non-hydrogen) atoms. The van der Waals surface area contributed by atoms with Gasteiger partial charge in [0.2, 0.25) is 5.91 Å². The first kappa shape index (κ1) is 11.9. The number of carbonyl (C=O) groups excluding carboxylic acids is 1. The average molecular weight is 224 g/mol. The molecule has 2 unspecified atom stereocenters. The summed E-state index contributed by atoms with van der Waals surface area (Å²) in [5.41, 5.74) is 0. The van der Waals surface area contributed by atoms with Crippen LogP contribution in [-0.4, -0.2) is 29.1 Å². The van der Waals surface area contributed by atoms with Crippen molar-refractivity contribution in [2.75, 3.05) is 0 Å². The Morgan fingerprint density at radius 2 is 2.06 bits per heavy atom. The minimum Gasteiger partial charge on any atom is -0.323 e. The van der Waals surface area contributed by atoms with E-state index in [1.54, 1.807) is 0 Å². The number of unbranched alkanes of at least 4 members (excludes halogenated alkanes) is 1. The van der Waals surface area contributed by atoms with Crippen LogP contribution in [-0.2, 0) is 4.79 Å². The van der Waals surface area contributed by atoms with Crippen molar-refractivity contribution < 1.29 is 4.79 Å². The third-order valence-electron chi connectivity index (χ3n) is 3.98. The zero-order valence-corrected chi connectivity index (χ0v) is 10.5. The van der Waals surface area contributed by atoms with E-state index in [0.29, 0.717) is 11.9 Å². The fourth-order valence-electron chi connectivity index (χ4n) is 3.11. The molecule has 0 bridgehead atoms. The number of amides is 1. The summed E-state index contributed by atoms with van der Waals surface area (Å²) in [5.74, 6) is 0.354. The second-order valence-electron chi connectivity index (χ2n) is 5.22. The summed E-state index contributed by atoms with van der Waals surface area (Å²) in [6.45, 7) is 4.31. The summed E-state index contributed by atoms with van der Waals surface area (Å²) < 4.78 is 0. The Morgan fingerprint density at radius 1 is 1.38 bits per heavy atom. The molecule has 3 heteroatoms. The minimum absolute atomic E-state index is 0.0931. The zero-order valence-electron chi connectivity index (χ0n) is 10.5. The minimum atomic E-state index is 0.0931. The van der Waals surface area contributed by atoms with E-state index in [1.165, 1.54) is 32.1 Å². The van der Waals surface area contributed by atoms with Gasteiger partial charge >= 0.3 is 0 Å². The molecular formula is C13H24N2O. The van der Waals surface area contributed by atoms with Gasteiger partial charge in [0.15, 0.2) is 0 Å². The van der Waals surface area contributed by atoms with Crippen molar-refractivity contribution >= 4 is 5.91 Å². The van der Waals surface area contributed by atoms with Crippen LogP contribution in [0.2, 0.25) is 0 Å². The molecule has 0 spiro atoms. The van der Waals surface area contributed by atoms with Crippen LogP contribution in [0, 0.1) is 0 Å². The fraction of sp³-hybridized carbons (Fsp3) is 0.923. The lowest BCUT2D eigenvalue weighted by molar-refractivity contribution is -0.132. The van der Waals surface area contributed by atoms with E-state index in [2.05, 4.69) is 24.1 Å². The van der Waals surface area contributed by atoms with Gasteiger partial charge in [-0.05, 0) is 26.2 Å². The molecule has 0 aromatic rings. The molecule has 0 radical (unpaired) electrons. The van der Waals surface area contributed by atoms with E-state index in [-0.39, 0.29) is 12.2 Å². The van der Waals surface area contributed by atoms with Gasteiger partial charge in [-0.1, -0.05) is 32.6 Å². The number of nitrogens with one attached hydrogen (secondary N) is 1. The maximum Gasteiger partial charge on any atom is 0.241 e. The molecule has 1 saturated heterocycles. The van der Waals surface area contributed by atoms with Gasteiger partial charge in [-0.3, -0.25) is 10.1 Å². The van der Waals surface area contributed by atoms with Crippen LogP contribution in [0.25, 0.3) is 0 Å². The molecule has 3 nitrogen and oxygen atoms in total. The molecular weight excluding hydrogens is 200 g/mol. The number of hydrogen-bond acceptors (Lipinski definition) is 2. The van der Waals surface area contributed by atoms with Crippen molar-refractivity contribution in [2.24, 2.45) is 0 Å². The summed E-state index contributed by atoms with van der Waals surface area (Å²) >= 11 is 0. The van der Waals surface area contributed by atoms with Gasteiger partial charge in [0, 0.05) is 6.04 Å². The lowest BCUT2D eigenvalue weighted by Crippen LogP contribution is -2.41. The van der Waals surface area contributed by atoms with Gasteiger partial charge in [0.05, 0.1) is 12.2 Å². The molecule has 1 aliphatic heterocycles. The maximum atomic E-state index is 12.3. The molecule has 1 aliphatic carbocycles. The van der Waals surface area contributed by atoms with E-state index < -0.39 is 0 Å². The normalized spacial score (nSPS) is 31.6. The first-order chi connectivity index (χ1) is 7.74. The standard InChI is InChI=1S/C13H24N2O/c1-3-4-9-12-13(16)15(10(2)14-12)11-7-5-6-8-11/h10-12,14H,3-9H2,1-2H3. The lowest BCUT2D eigenvalue weighted by atomic mass is 10.1. The quantitative estimate of drug-likeness (QED) is 0.794. The average Bonchev–Trinajstić information content (AvgIpc) is 2.85. The smallest absolute Gasteiger partial charge is 0.241 e. The first-order valence-corrected chi connectivity index (χ1v) is 6.82. The highest BCUT2D eigenvalue weighted by Crippen LogP contribution is 2.28. The fourth-order valence-corrected chi connectivity index (χ4v) is 3.11. The van der Waals surface area contributed by atoms with Crippen LogP contribution in [0.4, 0.5) is 0 Å². The Kier molecular flexibility index (Phi) is 3.85. The molecule has 92 valence electrons. The number of rotatable bonds is 4. The maximum absolute atomic E-state index is 12.3. The molecule has 2 fully saturated rings. The van der Waals surface area contributed by atoms with Crippen LogP contribution in [0.3, 0.4) is 0 Å². The van der Waals surface area contributed by atoms with Crippen LogP contribution < -0.4 is 5.32 Å². The molecule has 0 aromatic carbocycles. The van der Waals surface area contributed by atoms with Gasteiger partial charge in [0.1, 0.15) is 0 Å². The lowest BCUT2D eigenvalue weighted by Gasteiger charge is -2.27. The van der Waals surface area contributed by atoms with E-state index >= 15 is 0 Å². The Balaban J connectivity index is 1.95. The Bertz CT molecular complexity index is 248. The van der Waals surface area contributed by atoms with Crippen LogP contribution in [0.15, 0.2) is 0 Å². The van der Waals surface area contributed by atoms with E-state index in [9.17, 15) is 4.79 Å². The van der Waals surface area contributed by atoms with Gasteiger partial charge in [-0.15, -0.1) is 0 Å². The summed E-state index contributed by atoms with van der Waals surface area (Å²) in [6.07, 6.45) is 8.57. The SMILES string of the molecule is CCCCC1NC(C)N(C2CCCC2)C1=O.